The van der Waals surface area contributed by atoms with E-state index in [1.165, 1.54) is 0 Å². The largest absolute Gasteiger partial charge is 0.253 e. The van der Waals surface area contributed by atoms with Gasteiger partial charge in [-0.15, -0.1) is 0 Å². The number of nitrogens with zero attached hydrogens (tertiary/aromatic N) is 12. The smallest absolute Gasteiger partial charge is 0.182 e. The molecule has 6 aromatic heterocycles. The summed E-state index contributed by atoms with van der Waals surface area (Å²) in [6.07, 6.45) is 6.77. The van der Waals surface area contributed by atoms with Crippen molar-refractivity contribution in [2.24, 2.45) is 0 Å². The van der Waals surface area contributed by atoms with Crippen molar-refractivity contribution in [3.05, 3.63) is 182 Å². The van der Waals surface area contributed by atoms with Crippen molar-refractivity contribution in [2.75, 3.05) is 0 Å². The molecule has 10 aromatic rings. The molecule has 0 fully saturated rings. The van der Waals surface area contributed by atoms with E-state index in [1.807, 2.05) is 146 Å². The third kappa shape index (κ3) is 7.02. The Kier molecular flexibility index (Phi) is 9.66. The number of hydrogen-bond acceptors (Lipinski definition) is 12. The van der Waals surface area contributed by atoms with Crippen LogP contribution in [0.4, 0.5) is 0 Å². The molecule has 0 bridgehead atoms. The predicted octanol–water partition coefficient (Wildman–Crippen LogP) is 9.87. The number of nitriles is 2. The van der Waals surface area contributed by atoms with Gasteiger partial charge in [-0.3, -0.25) is 19.9 Å². The Morgan fingerprint density at radius 3 is 0.839 bits per heavy atom. The highest BCUT2D eigenvalue weighted by Gasteiger charge is 2.23. The molecule has 6 heterocycles. The zero-order chi connectivity index (χ0) is 41.8. The van der Waals surface area contributed by atoms with Gasteiger partial charge in [0.25, 0.3) is 0 Å². The standard InChI is InChI=1S/C50H28N12/c51-29-37-35-11-1-2-12-36(35)38(30-52)44(32-19-23-34(24-20-32)46-59-49(41-15-5-9-27-55-41)62-50(60-46)42-16-6-10-28-56-42)43(37)31-17-21-33(22-18-31)45-57-47(39-13-3-7-25-53-39)61-48(58-45)40-14-4-8-26-54-40/h1-28H. The number of benzene rings is 4. The molecular formula is C50H28N12. The quantitative estimate of drug-likeness (QED) is 0.142. The fourth-order valence-electron chi connectivity index (χ4n) is 7.27. The Hall–Kier alpha value is -9.26. The molecule has 0 atom stereocenters. The van der Waals surface area contributed by atoms with Crippen molar-refractivity contribution in [1.29, 1.82) is 10.5 Å². The lowest BCUT2D eigenvalue weighted by Gasteiger charge is -2.18. The molecule has 0 N–H and O–H groups in total. The Balaban J connectivity index is 1.10. The number of fused-ring (bicyclic) bond motifs is 1. The second-order valence-electron chi connectivity index (χ2n) is 13.9. The van der Waals surface area contributed by atoms with Gasteiger partial charge >= 0.3 is 0 Å². The molecule has 0 aliphatic heterocycles. The maximum Gasteiger partial charge on any atom is 0.182 e. The SMILES string of the molecule is N#Cc1c(-c2ccc(-c3nc(-c4ccccn4)nc(-c4ccccn4)n3)cc2)c(-c2ccc(-c3nc(-c4ccccn4)nc(-c4ccccn4)n3)cc2)c(C#N)c2ccccc12. The van der Waals surface area contributed by atoms with E-state index in [-0.39, 0.29) is 0 Å². The summed E-state index contributed by atoms with van der Waals surface area (Å²) in [4.78, 5) is 46.6. The predicted molar refractivity (Wildman–Crippen MR) is 235 cm³/mol. The van der Waals surface area contributed by atoms with Crippen LogP contribution in [0.5, 0.6) is 0 Å². The van der Waals surface area contributed by atoms with E-state index in [9.17, 15) is 10.5 Å². The fourth-order valence-corrected chi connectivity index (χ4v) is 7.27. The fraction of sp³-hybridized carbons (Fsp3) is 0. The molecule has 0 aliphatic rings. The van der Waals surface area contributed by atoms with E-state index in [1.54, 1.807) is 24.8 Å². The summed E-state index contributed by atoms with van der Waals surface area (Å²) in [6, 6.07) is 50.0. The number of pyridine rings is 4. The number of hydrogen-bond donors (Lipinski definition) is 0. The minimum Gasteiger partial charge on any atom is -0.253 e. The molecular weight excluding hydrogens is 769 g/mol. The first-order valence-electron chi connectivity index (χ1n) is 19.4. The summed E-state index contributed by atoms with van der Waals surface area (Å²) >= 11 is 0. The van der Waals surface area contributed by atoms with Crippen molar-refractivity contribution in [1.82, 2.24) is 49.8 Å². The molecule has 12 nitrogen and oxygen atoms in total. The van der Waals surface area contributed by atoms with Crippen molar-refractivity contribution in [3.8, 4) is 103 Å². The average Bonchev–Trinajstić information content (AvgIpc) is 3.36. The van der Waals surface area contributed by atoms with Crippen LogP contribution in [0.15, 0.2) is 170 Å². The highest BCUT2D eigenvalue weighted by molar-refractivity contribution is 6.06. The molecule has 0 unspecified atom stereocenters. The minimum atomic E-state index is 0.407. The topological polar surface area (TPSA) is 176 Å². The lowest BCUT2D eigenvalue weighted by molar-refractivity contribution is 1.05. The Morgan fingerprint density at radius 2 is 0.565 bits per heavy atom. The van der Waals surface area contributed by atoms with Crippen LogP contribution in [0.25, 0.3) is 102 Å². The van der Waals surface area contributed by atoms with Crippen molar-refractivity contribution in [2.45, 2.75) is 0 Å². The van der Waals surface area contributed by atoms with E-state index in [0.29, 0.717) is 102 Å². The molecule has 10 rings (SSSR count). The minimum absolute atomic E-state index is 0.407. The van der Waals surface area contributed by atoms with Crippen LogP contribution in [0.3, 0.4) is 0 Å². The van der Waals surface area contributed by atoms with Gasteiger partial charge in [0, 0.05) is 57.8 Å². The highest BCUT2D eigenvalue weighted by Crippen LogP contribution is 2.43. The van der Waals surface area contributed by atoms with Gasteiger partial charge < -0.3 is 0 Å². The maximum absolute atomic E-state index is 10.9. The molecule has 62 heavy (non-hydrogen) atoms. The van der Waals surface area contributed by atoms with Gasteiger partial charge in [-0.2, -0.15) is 10.5 Å². The summed E-state index contributed by atoms with van der Waals surface area (Å²) in [7, 11) is 0. The summed E-state index contributed by atoms with van der Waals surface area (Å²) in [6.45, 7) is 0. The summed E-state index contributed by atoms with van der Waals surface area (Å²) < 4.78 is 0. The molecule has 0 amide bonds. The third-order valence-corrected chi connectivity index (χ3v) is 10.1. The van der Waals surface area contributed by atoms with Crippen LogP contribution in [-0.4, -0.2) is 49.8 Å². The van der Waals surface area contributed by atoms with Gasteiger partial charge in [-0.1, -0.05) is 97.1 Å². The van der Waals surface area contributed by atoms with Gasteiger partial charge in [-0.25, -0.2) is 29.9 Å². The second-order valence-corrected chi connectivity index (χ2v) is 13.9. The maximum atomic E-state index is 10.9. The van der Waals surface area contributed by atoms with Crippen LogP contribution in [0.1, 0.15) is 11.1 Å². The molecule has 288 valence electrons. The lowest BCUT2D eigenvalue weighted by Crippen LogP contribution is -2.02. The first-order chi connectivity index (χ1) is 30.6. The van der Waals surface area contributed by atoms with Crippen molar-refractivity contribution in [3.63, 3.8) is 0 Å². The molecule has 0 aliphatic carbocycles. The summed E-state index contributed by atoms with van der Waals surface area (Å²) in [5.74, 6) is 2.48. The summed E-state index contributed by atoms with van der Waals surface area (Å²) in [5, 5.41) is 23.1. The third-order valence-electron chi connectivity index (χ3n) is 10.1. The van der Waals surface area contributed by atoms with Gasteiger partial charge in [-0.05, 0) is 59.7 Å². The molecule has 0 spiro atoms. The monoisotopic (exact) mass is 796 g/mol. The zero-order valence-electron chi connectivity index (χ0n) is 32.5. The Labute approximate surface area is 354 Å². The molecule has 0 radical (unpaired) electrons. The molecule has 0 saturated carbocycles. The van der Waals surface area contributed by atoms with E-state index in [4.69, 9.17) is 29.9 Å². The van der Waals surface area contributed by atoms with E-state index < -0.39 is 0 Å². The molecule has 0 saturated heterocycles. The van der Waals surface area contributed by atoms with E-state index in [0.717, 1.165) is 11.1 Å². The average molecular weight is 797 g/mol. The van der Waals surface area contributed by atoms with E-state index in [2.05, 4.69) is 32.1 Å². The lowest BCUT2D eigenvalue weighted by atomic mass is 9.83. The zero-order valence-corrected chi connectivity index (χ0v) is 32.5. The van der Waals surface area contributed by atoms with Gasteiger partial charge in [0.1, 0.15) is 34.9 Å². The van der Waals surface area contributed by atoms with Crippen LogP contribution < -0.4 is 0 Å². The summed E-state index contributed by atoms with van der Waals surface area (Å²) in [5.41, 5.74) is 7.39. The highest BCUT2D eigenvalue weighted by atomic mass is 15.1. The van der Waals surface area contributed by atoms with Crippen LogP contribution in [0.2, 0.25) is 0 Å². The second kappa shape index (κ2) is 16.2. The first-order valence-corrected chi connectivity index (χ1v) is 19.4. The van der Waals surface area contributed by atoms with Gasteiger partial charge in [0.15, 0.2) is 34.9 Å². The number of aromatic nitrogens is 10. The Bertz CT molecular complexity index is 2990. The first kappa shape index (κ1) is 37.0. The van der Waals surface area contributed by atoms with Crippen molar-refractivity contribution >= 4 is 10.8 Å². The molecule has 4 aromatic carbocycles. The normalized spacial score (nSPS) is 10.9. The van der Waals surface area contributed by atoms with Crippen LogP contribution in [0, 0.1) is 22.7 Å². The molecule has 12 heteroatoms. The van der Waals surface area contributed by atoms with Crippen LogP contribution in [-0.2, 0) is 0 Å². The van der Waals surface area contributed by atoms with Crippen molar-refractivity contribution < 1.29 is 0 Å². The van der Waals surface area contributed by atoms with Gasteiger partial charge in [0.05, 0.1) is 11.1 Å². The van der Waals surface area contributed by atoms with Gasteiger partial charge in [0.2, 0.25) is 0 Å². The van der Waals surface area contributed by atoms with E-state index >= 15 is 0 Å². The van der Waals surface area contributed by atoms with Crippen LogP contribution >= 0.6 is 0 Å². The number of rotatable bonds is 8. The Morgan fingerprint density at radius 1 is 0.290 bits per heavy atom.